The Kier molecular flexibility index (Phi) is 6.84. The van der Waals surface area contributed by atoms with E-state index in [4.69, 9.17) is 15.3 Å². The molecule has 1 saturated heterocycles. The van der Waals surface area contributed by atoms with E-state index in [2.05, 4.69) is 5.32 Å². The number of para-hydroxylation sites is 1. The first-order valence-corrected chi connectivity index (χ1v) is 9.30. The molecule has 0 spiro atoms. The lowest BCUT2D eigenvalue weighted by atomic mass is 10.1. The van der Waals surface area contributed by atoms with Crippen LogP contribution in [0.1, 0.15) is 36.7 Å². The third-order valence-corrected chi connectivity index (χ3v) is 4.32. The molecule has 29 heavy (non-hydrogen) atoms. The van der Waals surface area contributed by atoms with Gasteiger partial charge >= 0.3 is 6.09 Å². The lowest BCUT2D eigenvalue weighted by Gasteiger charge is -2.35. The molecule has 0 unspecified atom stereocenters. The van der Waals surface area contributed by atoms with Crippen LogP contribution in [0.15, 0.2) is 30.0 Å². The average molecular weight is 395 g/mol. The summed E-state index contributed by atoms with van der Waals surface area (Å²) in [6, 6.07) is 8.87. The van der Waals surface area contributed by atoms with Crippen molar-refractivity contribution in [2.45, 2.75) is 33.3 Å². The standard InChI is InChI=1S/C21H25N5O3/c1-15-6-5-7-17(18(15)24-14-16(12-22)13-23)19(27)25-8-10-26(11-9-25)20(28)29-21(2,3)4/h5-7,14,24H,8-11H2,1-4H3. The van der Waals surface area contributed by atoms with Gasteiger partial charge in [0.2, 0.25) is 0 Å². The van der Waals surface area contributed by atoms with E-state index >= 15 is 0 Å². The number of hydrogen-bond donors (Lipinski definition) is 1. The van der Waals surface area contributed by atoms with E-state index in [0.29, 0.717) is 37.4 Å². The SMILES string of the molecule is Cc1cccc(C(=O)N2CCN(C(=O)OC(C)(C)C)CC2)c1NC=C(C#N)C#N. The number of aryl methyl sites for hydroxylation is 1. The molecule has 1 heterocycles. The van der Waals surface area contributed by atoms with E-state index in [1.807, 2.05) is 33.8 Å². The summed E-state index contributed by atoms with van der Waals surface area (Å²) in [6.45, 7) is 8.85. The summed E-state index contributed by atoms with van der Waals surface area (Å²) >= 11 is 0. The molecule has 1 aliphatic heterocycles. The zero-order valence-electron chi connectivity index (χ0n) is 17.2. The Morgan fingerprint density at radius 2 is 1.69 bits per heavy atom. The predicted molar refractivity (Wildman–Crippen MR) is 108 cm³/mol. The van der Waals surface area contributed by atoms with Gasteiger partial charge < -0.3 is 19.9 Å². The molecule has 0 atom stereocenters. The van der Waals surface area contributed by atoms with Gasteiger partial charge in [-0.05, 0) is 39.3 Å². The van der Waals surface area contributed by atoms with E-state index < -0.39 is 5.60 Å². The number of nitrogens with one attached hydrogen (secondary N) is 1. The normalized spacial score (nSPS) is 13.7. The van der Waals surface area contributed by atoms with Gasteiger partial charge in [-0.25, -0.2) is 4.79 Å². The fourth-order valence-corrected chi connectivity index (χ4v) is 2.86. The number of benzene rings is 1. The summed E-state index contributed by atoms with van der Waals surface area (Å²) in [5.41, 5.74) is 1.16. The maximum absolute atomic E-state index is 13.1. The number of anilines is 1. The van der Waals surface area contributed by atoms with Crippen LogP contribution in [0, 0.1) is 29.6 Å². The van der Waals surface area contributed by atoms with E-state index in [9.17, 15) is 9.59 Å². The molecule has 8 heteroatoms. The lowest BCUT2D eigenvalue weighted by molar-refractivity contribution is 0.0141. The highest BCUT2D eigenvalue weighted by molar-refractivity contribution is 6.00. The Hall–Kier alpha value is -3.52. The minimum Gasteiger partial charge on any atom is -0.444 e. The fourth-order valence-electron chi connectivity index (χ4n) is 2.86. The Labute approximate surface area is 171 Å². The molecule has 1 aliphatic rings. The van der Waals surface area contributed by atoms with Crippen LogP contribution < -0.4 is 5.32 Å². The number of nitriles is 2. The van der Waals surface area contributed by atoms with Gasteiger partial charge in [0, 0.05) is 32.4 Å². The van der Waals surface area contributed by atoms with Crippen LogP contribution >= 0.6 is 0 Å². The van der Waals surface area contributed by atoms with E-state index in [0.717, 1.165) is 5.56 Å². The molecular weight excluding hydrogens is 370 g/mol. The fraction of sp³-hybridized carbons (Fsp3) is 0.429. The number of carbonyl (C=O) groups excluding carboxylic acids is 2. The number of ether oxygens (including phenoxy) is 1. The number of allylic oxidation sites excluding steroid dienone is 1. The van der Waals surface area contributed by atoms with Gasteiger partial charge in [-0.15, -0.1) is 0 Å². The zero-order chi connectivity index (χ0) is 21.6. The zero-order valence-corrected chi connectivity index (χ0v) is 17.2. The Morgan fingerprint density at radius 3 is 2.24 bits per heavy atom. The molecule has 1 fully saturated rings. The van der Waals surface area contributed by atoms with Crippen LogP contribution in [0.4, 0.5) is 10.5 Å². The summed E-state index contributed by atoms with van der Waals surface area (Å²) in [5.74, 6) is -0.177. The van der Waals surface area contributed by atoms with Crippen molar-refractivity contribution in [1.29, 1.82) is 10.5 Å². The first kappa shape index (κ1) is 21.8. The van der Waals surface area contributed by atoms with Gasteiger partial charge in [-0.2, -0.15) is 10.5 Å². The summed E-state index contributed by atoms with van der Waals surface area (Å²) in [6.07, 6.45) is 0.910. The molecule has 0 saturated carbocycles. The number of carbonyl (C=O) groups is 2. The highest BCUT2D eigenvalue weighted by Crippen LogP contribution is 2.23. The first-order chi connectivity index (χ1) is 13.7. The Morgan fingerprint density at radius 1 is 1.10 bits per heavy atom. The summed E-state index contributed by atoms with van der Waals surface area (Å²) in [7, 11) is 0. The second-order valence-corrected chi connectivity index (χ2v) is 7.68. The van der Waals surface area contributed by atoms with Gasteiger partial charge in [0.05, 0.1) is 11.3 Å². The van der Waals surface area contributed by atoms with E-state index in [-0.39, 0.29) is 17.6 Å². The quantitative estimate of drug-likeness (QED) is 0.788. The van der Waals surface area contributed by atoms with Crippen molar-refractivity contribution in [1.82, 2.24) is 9.80 Å². The van der Waals surface area contributed by atoms with Gasteiger partial charge in [0.1, 0.15) is 23.3 Å². The van der Waals surface area contributed by atoms with Gasteiger partial charge in [0.25, 0.3) is 5.91 Å². The number of amides is 2. The molecule has 0 aliphatic carbocycles. The third kappa shape index (κ3) is 5.73. The smallest absolute Gasteiger partial charge is 0.410 e. The minimum absolute atomic E-state index is 0.0855. The van der Waals surface area contributed by atoms with Crippen molar-refractivity contribution in [2.75, 3.05) is 31.5 Å². The number of piperazine rings is 1. The monoisotopic (exact) mass is 395 g/mol. The topological polar surface area (TPSA) is 109 Å². The van der Waals surface area contributed by atoms with Crippen molar-refractivity contribution in [3.63, 3.8) is 0 Å². The number of rotatable bonds is 3. The van der Waals surface area contributed by atoms with Crippen LogP contribution in [-0.2, 0) is 4.74 Å². The van der Waals surface area contributed by atoms with Gasteiger partial charge in [0.15, 0.2) is 0 Å². The van der Waals surface area contributed by atoms with Crippen molar-refractivity contribution < 1.29 is 14.3 Å². The van der Waals surface area contributed by atoms with Gasteiger partial charge in [-0.3, -0.25) is 4.79 Å². The number of nitrogens with zero attached hydrogens (tertiary/aromatic N) is 4. The molecule has 0 radical (unpaired) electrons. The number of hydrogen-bond acceptors (Lipinski definition) is 6. The second kappa shape index (κ2) is 9.11. The summed E-state index contributed by atoms with van der Waals surface area (Å²) in [5, 5.41) is 20.7. The van der Waals surface area contributed by atoms with Crippen molar-refractivity contribution in [3.8, 4) is 12.1 Å². The average Bonchev–Trinajstić information content (AvgIpc) is 2.68. The van der Waals surface area contributed by atoms with Crippen LogP contribution in [0.5, 0.6) is 0 Å². The van der Waals surface area contributed by atoms with E-state index in [1.54, 1.807) is 34.1 Å². The van der Waals surface area contributed by atoms with Crippen LogP contribution in [0.3, 0.4) is 0 Å². The van der Waals surface area contributed by atoms with Crippen LogP contribution in [0.2, 0.25) is 0 Å². The van der Waals surface area contributed by atoms with E-state index in [1.165, 1.54) is 6.20 Å². The minimum atomic E-state index is -0.564. The maximum atomic E-state index is 13.1. The van der Waals surface area contributed by atoms with Crippen molar-refractivity contribution in [3.05, 3.63) is 41.1 Å². The first-order valence-electron chi connectivity index (χ1n) is 9.30. The molecule has 0 aromatic heterocycles. The molecule has 152 valence electrons. The molecule has 8 nitrogen and oxygen atoms in total. The molecule has 0 bridgehead atoms. The van der Waals surface area contributed by atoms with Crippen molar-refractivity contribution in [2.24, 2.45) is 0 Å². The molecule has 2 amide bonds. The second-order valence-electron chi connectivity index (χ2n) is 7.68. The molecule has 1 aromatic carbocycles. The Bertz CT molecular complexity index is 878. The molecule has 2 rings (SSSR count). The molecule has 1 N–H and O–H groups in total. The largest absolute Gasteiger partial charge is 0.444 e. The summed E-state index contributed by atoms with van der Waals surface area (Å²) in [4.78, 5) is 28.5. The highest BCUT2D eigenvalue weighted by atomic mass is 16.6. The molecular formula is C21H25N5O3. The van der Waals surface area contributed by atoms with Crippen LogP contribution in [0.25, 0.3) is 0 Å². The highest BCUT2D eigenvalue weighted by Gasteiger charge is 2.29. The van der Waals surface area contributed by atoms with Crippen LogP contribution in [-0.4, -0.2) is 53.6 Å². The van der Waals surface area contributed by atoms with Crippen molar-refractivity contribution >= 4 is 17.7 Å². The third-order valence-electron chi connectivity index (χ3n) is 4.32. The lowest BCUT2D eigenvalue weighted by Crippen LogP contribution is -2.51. The Balaban J connectivity index is 2.12. The predicted octanol–water partition coefficient (Wildman–Crippen LogP) is 3.03. The molecule has 1 aromatic rings. The van der Waals surface area contributed by atoms with Gasteiger partial charge in [-0.1, -0.05) is 12.1 Å². The maximum Gasteiger partial charge on any atom is 0.410 e. The summed E-state index contributed by atoms with van der Waals surface area (Å²) < 4.78 is 5.38.